The molecule has 2 rings (SSSR count). The van der Waals surface area contributed by atoms with Crippen LogP contribution in [0.3, 0.4) is 0 Å². The number of nitrogens with one attached hydrogen (secondary N) is 1. The zero-order chi connectivity index (χ0) is 14.5. The van der Waals surface area contributed by atoms with Crippen LogP contribution < -0.4 is 10.2 Å². The van der Waals surface area contributed by atoms with Crippen molar-refractivity contribution in [1.82, 2.24) is 20.4 Å². The summed E-state index contributed by atoms with van der Waals surface area (Å²) in [6, 6.07) is 5.24. The fraction of sp³-hybridized carbons (Fsp3) is 0.733. The minimum absolute atomic E-state index is 0.472. The van der Waals surface area contributed by atoms with Crippen LogP contribution in [0.15, 0.2) is 12.1 Å². The summed E-state index contributed by atoms with van der Waals surface area (Å²) < 4.78 is 0. The van der Waals surface area contributed by atoms with Gasteiger partial charge in [0.15, 0.2) is 5.82 Å². The molecule has 5 nitrogen and oxygen atoms in total. The van der Waals surface area contributed by atoms with Gasteiger partial charge in [-0.1, -0.05) is 13.8 Å². The normalized spacial score (nSPS) is 19.3. The van der Waals surface area contributed by atoms with Crippen LogP contribution in [-0.4, -0.2) is 54.4 Å². The largest absolute Gasteiger partial charge is 0.351 e. The van der Waals surface area contributed by atoms with E-state index in [2.05, 4.69) is 65.4 Å². The van der Waals surface area contributed by atoms with E-state index < -0.39 is 0 Å². The van der Waals surface area contributed by atoms with E-state index in [0.29, 0.717) is 12.1 Å². The number of nitrogens with zero attached hydrogens (tertiary/aromatic N) is 4. The molecule has 1 fully saturated rings. The standard InChI is InChI=1S/C15H27N5/c1-12(2)16-10-13-7-8-15(18-17-13)20-9-5-6-14(20)11-19(3)4/h7-8,12,14,16H,5-6,9-11H2,1-4H3. The number of anilines is 1. The summed E-state index contributed by atoms with van der Waals surface area (Å²) in [5, 5.41) is 12.1. The predicted octanol–water partition coefficient (Wildman–Crippen LogP) is 1.50. The number of rotatable bonds is 6. The molecule has 0 amide bonds. The third kappa shape index (κ3) is 4.15. The molecule has 1 aliphatic rings. The van der Waals surface area contributed by atoms with E-state index in [4.69, 9.17) is 0 Å². The van der Waals surface area contributed by atoms with Gasteiger partial charge in [-0.05, 0) is 39.1 Å². The van der Waals surface area contributed by atoms with Crippen LogP contribution >= 0.6 is 0 Å². The smallest absolute Gasteiger partial charge is 0.151 e. The minimum atomic E-state index is 0.472. The molecule has 1 atom stereocenters. The second kappa shape index (κ2) is 6.99. The SMILES string of the molecule is CC(C)NCc1ccc(N2CCCC2CN(C)C)nn1. The number of hydrogen-bond donors (Lipinski definition) is 1. The number of likely N-dealkylation sites (N-methyl/N-ethyl adjacent to an activating group) is 1. The van der Waals surface area contributed by atoms with Crippen molar-refractivity contribution in [3.8, 4) is 0 Å². The first kappa shape index (κ1) is 15.2. The van der Waals surface area contributed by atoms with E-state index >= 15 is 0 Å². The van der Waals surface area contributed by atoms with Crippen LogP contribution in [-0.2, 0) is 6.54 Å². The highest BCUT2D eigenvalue weighted by Gasteiger charge is 2.26. The topological polar surface area (TPSA) is 44.3 Å². The monoisotopic (exact) mass is 277 g/mol. The van der Waals surface area contributed by atoms with Gasteiger partial charge in [0.1, 0.15) is 0 Å². The fourth-order valence-electron chi connectivity index (χ4n) is 2.66. The summed E-state index contributed by atoms with van der Waals surface area (Å²) in [4.78, 5) is 4.64. The van der Waals surface area contributed by atoms with E-state index in [9.17, 15) is 0 Å². The first-order valence-electron chi connectivity index (χ1n) is 7.53. The van der Waals surface area contributed by atoms with Gasteiger partial charge in [-0.25, -0.2) is 0 Å². The lowest BCUT2D eigenvalue weighted by atomic mass is 10.2. The third-order valence-electron chi connectivity index (χ3n) is 3.64. The van der Waals surface area contributed by atoms with E-state index in [1.807, 2.05) is 0 Å². The first-order chi connectivity index (χ1) is 9.56. The molecule has 1 unspecified atom stereocenters. The van der Waals surface area contributed by atoms with Crippen molar-refractivity contribution >= 4 is 5.82 Å². The summed E-state index contributed by atoms with van der Waals surface area (Å²) in [6.45, 7) is 7.23. The van der Waals surface area contributed by atoms with Gasteiger partial charge in [-0.15, -0.1) is 5.10 Å². The molecule has 20 heavy (non-hydrogen) atoms. The first-order valence-corrected chi connectivity index (χ1v) is 7.53. The van der Waals surface area contributed by atoms with E-state index in [-0.39, 0.29) is 0 Å². The molecule has 112 valence electrons. The summed E-state index contributed by atoms with van der Waals surface area (Å²) in [6.07, 6.45) is 2.49. The molecule has 5 heteroatoms. The lowest BCUT2D eigenvalue weighted by Crippen LogP contribution is -2.38. The molecule has 1 aliphatic heterocycles. The Morgan fingerprint density at radius 2 is 2.15 bits per heavy atom. The highest BCUT2D eigenvalue weighted by Crippen LogP contribution is 2.23. The van der Waals surface area contributed by atoms with Crippen molar-refractivity contribution in [1.29, 1.82) is 0 Å². The van der Waals surface area contributed by atoms with Crippen LogP contribution in [0.1, 0.15) is 32.4 Å². The molecule has 0 radical (unpaired) electrons. The van der Waals surface area contributed by atoms with Gasteiger partial charge < -0.3 is 15.1 Å². The summed E-state index contributed by atoms with van der Waals surface area (Å²) >= 11 is 0. The molecule has 0 aliphatic carbocycles. The zero-order valence-electron chi connectivity index (χ0n) is 13.1. The Balaban J connectivity index is 1.98. The maximum absolute atomic E-state index is 4.41. The molecule has 0 bridgehead atoms. The van der Waals surface area contributed by atoms with Crippen molar-refractivity contribution in [2.24, 2.45) is 0 Å². The Hall–Kier alpha value is -1.20. The molecule has 1 N–H and O–H groups in total. The molecule has 1 aromatic heterocycles. The van der Waals surface area contributed by atoms with Crippen LogP contribution in [0, 0.1) is 0 Å². The fourth-order valence-corrected chi connectivity index (χ4v) is 2.66. The van der Waals surface area contributed by atoms with Crippen LogP contribution in [0.5, 0.6) is 0 Å². The second-order valence-corrected chi connectivity index (χ2v) is 6.17. The van der Waals surface area contributed by atoms with Gasteiger partial charge in [0.05, 0.1) is 5.69 Å². The molecule has 2 heterocycles. The molecule has 0 aromatic carbocycles. The Morgan fingerprint density at radius 3 is 2.75 bits per heavy atom. The van der Waals surface area contributed by atoms with Gasteiger partial charge in [-0.2, -0.15) is 5.10 Å². The lowest BCUT2D eigenvalue weighted by molar-refractivity contribution is 0.371. The van der Waals surface area contributed by atoms with Gasteiger partial charge in [-0.3, -0.25) is 0 Å². The molecular formula is C15H27N5. The average molecular weight is 277 g/mol. The Bertz CT molecular complexity index is 401. The lowest BCUT2D eigenvalue weighted by Gasteiger charge is -2.27. The number of hydrogen-bond acceptors (Lipinski definition) is 5. The second-order valence-electron chi connectivity index (χ2n) is 6.17. The van der Waals surface area contributed by atoms with E-state index in [0.717, 1.165) is 31.1 Å². The van der Waals surface area contributed by atoms with Crippen molar-refractivity contribution in [2.45, 2.75) is 45.3 Å². The van der Waals surface area contributed by atoms with Crippen molar-refractivity contribution in [3.05, 3.63) is 17.8 Å². The van der Waals surface area contributed by atoms with Crippen molar-refractivity contribution < 1.29 is 0 Å². The molecule has 0 spiro atoms. The zero-order valence-corrected chi connectivity index (χ0v) is 13.1. The molecule has 1 aromatic rings. The van der Waals surface area contributed by atoms with Gasteiger partial charge in [0.25, 0.3) is 0 Å². The Labute approximate surface area is 122 Å². The highest BCUT2D eigenvalue weighted by molar-refractivity contribution is 5.40. The maximum atomic E-state index is 4.41. The third-order valence-corrected chi connectivity index (χ3v) is 3.64. The van der Waals surface area contributed by atoms with E-state index in [1.165, 1.54) is 12.8 Å². The summed E-state index contributed by atoms with van der Waals surface area (Å²) in [7, 11) is 4.26. The average Bonchev–Trinajstić information content (AvgIpc) is 2.84. The van der Waals surface area contributed by atoms with Gasteiger partial charge in [0.2, 0.25) is 0 Å². The predicted molar refractivity (Wildman–Crippen MR) is 82.9 cm³/mol. The summed E-state index contributed by atoms with van der Waals surface area (Å²) in [5.74, 6) is 1.02. The van der Waals surface area contributed by atoms with Crippen molar-refractivity contribution in [3.63, 3.8) is 0 Å². The summed E-state index contributed by atoms with van der Waals surface area (Å²) in [5.41, 5.74) is 1.01. The quantitative estimate of drug-likeness (QED) is 0.854. The van der Waals surface area contributed by atoms with E-state index in [1.54, 1.807) is 0 Å². The van der Waals surface area contributed by atoms with Gasteiger partial charge >= 0.3 is 0 Å². The van der Waals surface area contributed by atoms with Crippen LogP contribution in [0.25, 0.3) is 0 Å². The number of aromatic nitrogens is 2. The van der Waals surface area contributed by atoms with Crippen LogP contribution in [0.2, 0.25) is 0 Å². The highest BCUT2D eigenvalue weighted by atomic mass is 15.3. The molecular weight excluding hydrogens is 250 g/mol. The Morgan fingerprint density at radius 1 is 1.35 bits per heavy atom. The molecule has 0 saturated carbocycles. The minimum Gasteiger partial charge on any atom is -0.351 e. The van der Waals surface area contributed by atoms with Crippen LogP contribution in [0.4, 0.5) is 5.82 Å². The molecule has 1 saturated heterocycles. The van der Waals surface area contributed by atoms with Gasteiger partial charge in [0, 0.05) is 31.7 Å². The van der Waals surface area contributed by atoms with Crippen molar-refractivity contribution in [2.75, 3.05) is 32.1 Å². The maximum Gasteiger partial charge on any atom is 0.151 e. The Kier molecular flexibility index (Phi) is 5.31.